The third-order valence-electron chi connectivity index (χ3n) is 7.44. The Hall–Kier alpha value is -1.66. The Kier molecular flexibility index (Phi) is 6.22. The fourth-order valence-electron chi connectivity index (χ4n) is 4.22. The van der Waals surface area contributed by atoms with Crippen molar-refractivity contribution in [1.82, 2.24) is 4.90 Å². The van der Waals surface area contributed by atoms with E-state index in [9.17, 15) is 9.59 Å². The minimum Gasteiger partial charge on any atom is -0.466 e. The first-order valence-electron chi connectivity index (χ1n) is 11.1. The maximum atomic E-state index is 13.7. The number of hydrogen-bond acceptors (Lipinski definition) is 4. The summed E-state index contributed by atoms with van der Waals surface area (Å²) in [6.07, 6.45) is 0.965. The van der Waals surface area contributed by atoms with Gasteiger partial charge in [0.1, 0.15) is 6.10 Å². The van der Waals surface area contributed by atoms with Crippen LogP contribution in [0.25, 0.3) is 0 Å². The van der Waals surface area contributed by atoms with Gasteiger partial charge in [0.05, 0.1) is 18.1 Å². The van der Waals surface area contributed by atoms with Crippen LogP contribution >= 0.6 is 0 Å². The number of likely N-dealkylation sites (tertiary alicyclic amines) is 1. The average Bonchev–Trinajstić information content (AvgIpc) is 3.42. The lowest BCUT2D eigenvalue weighted by molar-refractivity contribution is -0.153. The Labute approximate surface area is 182 Å². The molecule has 0 radical (unpaired) electrons. The van der Waals surface area contributed by atoms with Crippen molar-refractivity contribution >= 4 is 20.2 Å². The van der Waals surface area contributed by atoms with Gasteiger partial charge in [0, 0.05) is 12.5 Å². The van der Waals surface area contributed by atoms with Crippen LogP contribution in [0, 0.1) is 11.3 Å². The molecule has 6 heteroatoms. The quantitative estimate of drug-likeness (QED) is 0.453. The highest BCUT2D eigenvalue weighted by molar-refractivity contribution is 6.74. The molecule has 1 aliphatic carbocycles. The Bertz CT molecular complexity index is 782. The maximum Gasteiger partial charge on any atom is 0.312 e. The normalized spacial score (nSPS) is 24.6. The molecule has 1 aromatic carbocycles. The van der Waals surface area contributed by atoms with Crippen molar-refractivity contribution in [3.63, 3.8) is 0 Å². The van der Waals surface area contributed by atoms with Crippen LogP contribution in [-0.4, -0.2) is 44.3 Å². The van der Waals surface area contributed by atoms with E-state index in [0.29, 0.717) is 13.2 Å². The summed E-state index contributed by atoms with van der Waals surface area (Å²) in [5, 5.41) is -0.0169. The van der Waals surface area contributed by atoms with Crippen molar-refractivity contribution in [1.29, 1.82) is 0 Å². The van der Waals surface area contributed by atoms with Crippen molar-refractivity contribution in [2.24, 2.45) is 11.3 Å². The third-order valence-corrected chi connectivity index (χ3v) is 11.9. The van der Waals surface area contributed by atoms with Crippen molar-refractivity contribution in [3.8, 4) is 0 Å². The molecule has 1 unspecified atom stereocenters. The summed E-state index contributed by atoms with van der Waals surface area (Å²) in [6, 6.07) is 10.0. The van der Waals surface area contributed by atoms with E-state index in [4.69, 9.17) is 9.16 Å². The van der Waals surface area contributed by atoms with Crippen LogP contribution in [0.2, 0.25) is 18.1 Å². The van der Waals surface area contributed by atoms with Gasteiger partial charge in [-0.05, 0) is 50.4 Å². The van der Waals surface area contributed by atoms with Crippen LogP contribution < -0.4 is 0 Å². The number of esters is 1. The van der Waals surface area contributed by atoms with Crippen molar-refractivity contribution in [2.45, 2.75) is 77.7 Å². The molecule has 5 nitrogen and oxygen atoms in total. The molecular weight excluding hydrogens is 394 g/mol. The molecule has 2 aliphatic rings. The highest BCUT2D eigenvalue weighted by Crippen LogP contribution is 2.57. The molecule has 2 fully saturated rings. The van der Waals surface area contributed by atoms with Gasteiger partial charge in [-0.15, -0.1) is 0 Å². The predicted octanol–water partition coefficient (Wildman–Crippen LogP) is 4.94. The molecule has 0 N–H and O–H groups in total. The summed E-state index contributed by atoms with van der Waals surface area (Å²) in [5.41, 5.74) is 0.516. The summed E-state index contributed by atoms with van der Waals surface area (Å²) < 4.78 is 12.1. The number of amides is 1. The monoisotopic (exact) mass is 431 g/mol. The molecule has 1 amide bonds. The highest BCUT2D eigenvalue weighted by Gasteiger charge is 2.64. The molecule has 0 bridgehead atoms. The molecule has 1 heterocycles. The standard InChI is InChI=1S/C24H37NO4Si/c1-8-28-22(27)24(14-15-24)19-16-25(17(2)18-12-10-9-11-13-18)21(26)20(19)29-30(6,7)23(3,4)5/h9-13,17,19-20H,8,14-16H2,1-7H3/t17-,19-,20?/m0/s1. The van der Waals surface area contributed by atoms with Gasteiger partial charge >= 0.3 is 5.97 Å². The van der Waals surface area contributed by atoms with E-state index >= 15 is 0 Å². The highest BCUT2D eigenvalue weighted by atomic mass is 28.4. The van der Waals surface area contributed by atoms with Gasteiger partial charge in [-0.1, -0.05) is 51.1 Å². The fraction of sp³-hybridized carbons (Fsp3) is 0.667. The first-order chi connectivity index (χ1) is 13.9. The second-order valence-electron chi connectivity index (χ2n) is 10.4. The van der Waals surface area contributed by atoms with E-state index in [1.54, 1.807) is 0 Å². The first kappa shape index (κ1) is 23.0. The van der Waals surface area contributed by atoms with Crippen molar-refractivity contribution in [3.05, 3.63) is 35.9 Å². The van der Waals surface area contributed by atoms with E-state index in [2.05, 4.69) is 40.8 Å². The van der Waals surface area contributed by atoms with Gasteiger partial charge in [-0.3, -0.25) is 9.59 Å². The summed E-state index contributed by atoms with van der Waals surface area (Å²) >= 11 is 0. The number of hydrogen-bond donors (Lipinski definition) is 0. The van der Waals surface area contributed by atoms with Crippen LogP contribution in [-0.2, 0) is 18.8 Å². The lowest BCUT2D eigenvalue weighted by Crippen LogP contribution is -2.49. The van der Waals surface area contributed by atoms with E-state index in [1.165, 1.54) is 0 Å². The summed E-state index contributed by atoms with van der Waals surface area (Å²) in [7, 11) is -2.20. The summed E-state index contributed by atoms with van der Waals surface area (Å²) in [5.74, 6) is -0.318. The zero-order valence-corrected chi connectivity index (χ0v) is 20.5. The van der Waals surface area contributed by atoms with Crippen LogP contribution in [0.15, 0.2) is 30.3 Å². The fourth-order valence-corrected chi connectivity index (χ4v) is 5.47. The van der Waals surface area contributed by atoms with Gasteiger partial charge in [0.15, 0.2) is 8.32 Å². The molecule has 3 atom stereocenters. The summed E-state index contributed by atoms with van der Waals surface area (Å²) in [4.78, 5) is 28.5. The molecule has 3 rings (SSSR count). The van der Waals surface area contributed by atoms with Gasteiger partial charge in [0.25, 0.3) is 5.91 Å². The maximum absolute atomic E-state index is 13.7. The zero-order chi connectivity index (χ0) is 22.3. The number of benzene rings is 1. The minimum atomic E-state index is -2.20. The molecule has 1 aromatic rings. The molecule has 1 saturated carbocycles. The molecule has 0 aromatic heterocycles. The summed E-state index contributed by atoms with van der Waals surface area (Å²) in [6.45, 7) is 15.7. The number of ether oxygens (including phenoxy) is 1. The number of carbonyl (C=O) groups excluding carboxylic acids is 2. The van der Waals surface area contributed by atoms with Crippen molar-refractivity contribution < 1.29 is 18.8 Å². The second kappa shape index (κ2) is 8.12. The first-order valence-corrected chi connectivity index (χ1v) is 14.1. The second-order valence-corrected chi connectivity index (χ2v) is 15.1. The van der Waals surface area contributed by atoms with Crippen LogP contribution in [0.5, 0.6) is 0 Å². The Morgan fingerprint density at radius 2 is 1.83 bits per heavy atom. The Balaban J connectivity index is 1.94. The SMILES string of the molecule is CCOC(=O)C1([C@H]2CN([C@@H](C)c3ccccc3)C(=O)C2O[Si](C)(C)C(C)(C)C)CC1. The molecule has 1 saturated heterocycles. The van der Waals surface area contributed by atoms with Crippen molar-refractivity contribution in [2.75, 3.05) is 13.2 Å². The van der Waals surface area contributed by atoms with Gasteiger partial charge in [-0.25, -0.2) is 0 Å². The Morgan fingerprint density at radius 3 is 2.33 bits per heavy atom. The van der Waals surface area contributed by atoms with E-state index in [-0.39, 0.29) is 28.9 Å². The number of carbonyl (C=O) groups is 2. The average molecular weight is 432 g/mol. The molecule has 30 heavy (non-hydrogen) atoms. The van der Waals surface area contributed by atoms with Gasteiger partial charge < -0.3 is 14.1 Å². The van der Waals surface area contributed by atoms with Crippen LogP contribution in [0.1, 0.15) is 59.1 Å². The lowest BCUT2D eigenvalue weighted by atomic mass is 9.86. The topological polar surface area (TPSA) is 55.8 Å². The van der Waals surface area contributed by atoms with Crippen LogP contribution in [0.3, 0.4) is 0 Å². The molecule has 1 aliphatic heterocycles. The zero-order valence-electron chi connectivity index (χ0n) is 19.5. The van der Waals surface area contributed by atoms with E-state index in [0.717, 1.165) is 18.4 Å². The van der Waals surface area contributed by atoms with Gasteiger partial charge in [-0.2, -0.15) is 0 Å². The lowest BCUT2D eigenvalue weighted by Gasteiger charge is -2.39. The van der Waals surface area contributed by atoms with E-state index in [1.807, 2.05) is 42.2 Å². The van der Waals surface area contributed by atoms with Crippen LogP contribution in [0.4, 0.5) is 0 Å². The minimum absolute atomic E-state index is 0.0109. The Morgan fingerprint density at radius 1 is 1.23 bits per heavy atom. The number of nitrogens with zero attached hydrogens (tertiary/aromatic N) is 1. The molecular formula is C24H37NO4Si. The number of rotatable bonds is 7. The molecule has 166 valence electrons. The largest absolute Gasteiger partial charge is 0.466 e. The van der Waals surface area contributed by atoms with E-state index < -0.39 is 19.8 Å². The smallest absolute Gasteiger partial charge is 0.312 e. The van der Waals surface area contributed by atoms with Gasteiger partial charge in [0.2, 0.25) is 0 Å². The predicted molar refractivity (Wildman–Crippen MR) is 120 cm³/mol. The molecule has 0 spiro atoms. The third kappa shape index (κ3) is 4.08.